The standard InChI is InChI=1S/C34H27ClN4O3S2/c1-22(31(40)39-34-38-30(21-43-34)27-17-8-9-18-28(27)35)44-26-16-10-15-25(20-26)36-33(42)29(19-23-11-4-2-5-12-23)37-32(41)24-13-6-3-7-14-24/h2-22H,1H3,(H,36,42)(H,37,41)(H,38,39,40)/b29-19-. The second-order valence-corrected chi connectivity index (χ2v) is 12.2. The fourth-order valence-corrected chi connectivity index (χ4v) is 5.96. The number of nitrogens with one attached hydrogen (secondary N) is 3. The Bertz CT molecular complexity index is 1810. The molecule has 0 radical (unpaired) electrons. The fraction of sp³-hybridized carbons (Fsp3) is 0.0588. The molecule has 3 N–H and O–H groups in total. The van der Waals surface area contributed by atoms with Crippen LogP contribution < -0.4 is 16.0 Å². The van der Waals surface area contributed by atoms with E-state index in [0.29, 0.717) is 27.1 Å². The number of nitrogens with zero attached hydrogens (tertiary/aromatic N) is 1. The van der Waals surface area contributed by atoms with Crippen LogP contribution in [-0.4, -0.2) is 28.0 Å². The molecular weight excluding hydrogens is 612 g/mol. The molecule has 1 unspecified atom stereocenters. The van der Waals surface area contributed by atoms with Gasteiger partial charge in [-0.3, -0.25) is 14.4 Å². The van der Waals surface area contributed by atoms with Crippen molar-refractivity contribution in [1.82, 2.24) is 10.3 Å². The van der Waals surface area contributed by atoms with E-state index in [1.54, 1.807) is 61.5 Å². The summed E-state index contributed by atoms with van der Waals surface area (Å²) in [6, 6.07) is 32.6. The second-order valence-electron chi connectivity index (χ2n) is 9.54. The van der Waals surface area contributed by atoms with E-state index >= 15 is 0 Å². The number of thiazole rings is 1. The van der Waals surface area contributed by atoms with Crippen LogP contribution in [0.5, 0.6) is 0 Å². The third kappa shape index (κ3) is 8.23. The van der Waals surface area contributed by atoms with Gasteiger partial charge in [-0.1, -0.05) is 84.4 Å². The van der Waals surface area contributed by atoms with Crippen molar-refractivity contribution in [3.05, 3.63) is 136 Å². The molecular formula is C34H27ClN4O3S2. The Hall–Kier alpha value is -4.70. The number of rotatable bonds is 10. The lowest BCUT2D eigenvalue weighted by Crippen LogP contribution is -2.30. The topological polar surface area (TPSA) is 100 Å². The van der Waals surface area contributed by atoms with E-state index in [1.807, 2.05) is 66.0 Å². The average Bonchev–Trinajstić information content (AvgIpc) is 3.50. The van der Waals surface area contributed by atoms with Crippen molar-refractivity contribution in [2.45, 2.75) is 17.1 Å². The molecule has 4 aromatic carbocycles. The number of aromatic nitrogens is 1. The lowest BCUT2D eigenvalue weighted by atomic mass is 10.1. The van der Waals surface area contributed by atoms with E-state index in [-0.39, 0.29) is 11.6 Å². The highest BCUT2D eigenvalue weighted by atomic mass is 35.5. The first-order valence-corrected chi connectivity index (χ1v) is 15.7. The molecule has 0 aliphatic heterocycles. The van der Waals surface area contributed by atoms with Crippen LogP contribution in [0.3, 0.4) is 0 Å². The zero-order valence-electron chi connectivity index (χ0n) is 23.5. The maximum Gasteiger partial charge on any atom is 0.272 e. The van der Waals surface area contributed by atoms with Crippen molar-refractivity contribution >= 4 is 69.3 Å². The van der Waals surface area contributed by atoms with E-state index in [9.17, 15) is 14.4 Å². The minimum Gasteiger partial charge on any atom is -0.321 e. The number of hydrogen-bond acceptors (Lipinski definition) is 6. The number of amides is 3. The first-order chi connectivity index (χ1) is 21.4. The van der Waals surface area contributed by atoms with Crippen LogP contribution in [-0.2, 0) is 9.59 Å². The predicted molar refractivity (Wildman–Crippen MR) is 180 cm³/mol. The third-order valence-corrected chi connectivity index (χ3v) is 8.48. The molecule has 5 rings (SSSR count). The molecule has 0 spiro atoms. The summed E-state index contributed by atoms with van der Waals surface area (Å²) in [4.78, 5) is 44.5. The van der Waals surface area contributed by atoms with Crippen molar-refractivity contribution in [1.29, 1.82) is 0 Å². The largest absolute Gasteiger partial charge is 0.321 e. The maximum atomic E-state index is 13.4. The molecule has 220 valence electrons. The van der Waals surface area contributed by atoms with Gasteiger partial charge in [-0.15, -0.1) is 23.1 Å². The first kappa shape index (κ1) is 30.7. The Kier molecular flexibility index (Phi) is 10.2. The van der Waals surface area contributed by atoms with Gasteiger partial charge in [-0.05, 0) is 55.0 Å². The van der Waals surface area contributed by atoms with Gasteiger partial charge in [0.15, 0.2) is 5.13 Å². The van der Waals surface area contributed by atoms with Crippen LogP contribution in [0.25, 0.3) is 17.3 Å². The third-order valence-electron chi connectivity index (χ3n) is 6.30. The summed E-state index contributed by atoms with van der Waals surface area (Å²) in [7, 11) is 0. The van der Waals surface area contributed by atoms with E-state index < -0.39 is 17.1 Å². The van der Waals surface area contributed by atoms with Crippen molar-refractivity contribution in [2.75, 3.05) is 10.6 Å². The van der Waals surface area contributed by atoms with Gasteiger partial charge < -0.3 is 16.0 Å². The SMILES string of the molecule is CC(Sc1cccc(NC(=O)/C(=C/c2ccccc2)NC(=O)c2ccccc2)c1)C(=O)Nc1nc(-c2ccccc2Cl)cs1. The Morgan fingerprint density at radius 2 is 1.57 bits per heavy atom. The summed E-state index contributed by atoms with van der Waals surface area (Å²) in [5, 5.41) is 11.0. The molecule has 7 nitrogen and oxygen atoms in total. The number of benzene rings is 4. The Morgan fingerprint density at radius 3 is 2.32 bits per heavy atom. The molecule has 0 bridgehead atoms. The normalized spacial score (nSPS) is 11.8. The molecule has 0 fully saturated rings. The lowest BCUT2D eigenvalue weighted by Gasteiger charge is -2.13. The maximum absolute atomic E-state index is 13.4. The van der Waals surface area contributed by atoms with Gasteiger partial charge in [-0.25, -0.2) is 4.98 Å². The van der Waals surface area contributed by atoms with E-state index in [4.69, 9.17) is 11.6 Å². The highest BCUT2D eigenvalue weighted by Gasteiger charge is 2.19. The highest BCUT2D eigenvalue weighted by Crippen LogP contribution is 2.31. The Labute approximate surface area is 268 Å². The first-order valence-electron chi connectivity index (χ1n) is 13.6. The van der Waals surface area contributed by atoms with Crippen LogP contribution >= 0.6 is 34.7 Å². The zero-order chi connectivity index (χ0) is 30.9. The van der Waals surface area contributed by atoms with Crippen molar-refractivity contribution in [2.24, 2.45) is 0 Å². The highest BCUT2D eigenvalue weighted by molar-refractivity contribution is 8.00. The van der Waals surface area contributed by atoms with Gasteiger partial charge in [-0.2, -0.15) is 0 Å². The van der Waals surface area contributed by atoms with E-state index in [0.717, 1.165) is 16.0 Å². The number of halogens is 1. The van der Waals surface area contributed by atoms with Crippen LogP contribution in [0.2, 0.25) is 5.02 Å². The lowest BCUT2D eigenvalue weighted by molar-refractivity contribution is -0.115. The van der Waals surface area contributed by atoms with Gasteiger partial charge in [0.2, 0.25) is 5.91 Å². The van der Waals surface area contributed by atoms with Gasteiger partial charge >= 0.3 is 0 Å². The summed E-state index contributed by atoms with van der Waals surface area (Å²) in [5.41, 5.74) is 3.30. The van der Waals surface area contributed by atoms with Crippen LogP contribution in [0.4, 0.5) is 10.8 Å². The van der Waals surface area contributed by atoms with Crippen LogP contribution in [0.15, 0.2) is 125 Å². The number of carbonyl (C=O) groups excluding carboxylic acids is 3. The van der Waals surface area contributed by atoms with Gasteiger partial charge in [0.1, 0.15) is 5.70 Å². The molecule has 3 amide bonds. The number of carbonyl (C=O) groups is 3. The molecule has 0 aliphatic carbocycles. The summed E-state index contributed by atoms with van der Waals surface area (Å²) < 4.78 is 0. The fourth-order valence-electron chi connectivity index (χ4n) is 4.09. The molecule has 1 heterocycles. The molecule has 1 aromatic heterocycles. The summed E-state index contributed by atoms with van der Waals surface area (Å²) in [5.74, 6) is -1.09. The summed E-state index contributed by atoms with van der Waals surface area (Å²) in [6.07, 6.45) is 1.62. The van der Waals surface area contributed by atoms with Crippen LogP contribution in [0, 0.1) is 0 Å². The van der Waals surface area contributed by atoms with Gasteiger partial charge in [0, 0.05) is 32.1 Å². The molecule has 0 aliphatic rings. The molecule has 1 atom stereocenters. The number of hydrogen-bond donors (Lipinski definition) is 3. The second kappa shape index (κ2) is 14.7. The van der Waals surface area contributed by atoms with Crippen molar-refractivity contribution in [3.63, 3.8) is 0 Å². The quantitative estimate of drug-likeness (QED) is 0.106. The van der Waals surface area contributed by atoms with E-state index in [2.05, 4.69) is 20.9 Å². The van der Waals surface area contributed by atoms with Gasteiger partial charge in [0.25, 0.3) is 11.8 Å². The monoisotopic (exact) mass is 638 g/mol. The molecule has 44 heavy (non-hydrogen) atoms. The van der Waals surface area contributed by atoms with Crippen molar-refractivity contribution in [3.8, 4) is 11.3 Å². The minimum atomic E-state index is -0.482. The van der Waals surface area contributed by atoms with Crippen LogP contribution in [0.1, 0.15) is 22.8 Å². The number of anilines is 2. The smallest absolute Gasteiger partial charge is 0.272 e. The molecule has 0 saturated carbocycles. The summed E-state index contributed by atoms with van der Waals surface area (Å²) in [6.45, 7) is 1.80. The Morgan fingerprint density at radius 1 is 0.864 bits per heavy atom. The minimum absolute atomic E-state index is 0.0930. The predicted octanol–water partition coefficient (Wildman–Crippen LogP) is 7.99. The Balaban J connectivity index is 1.24. The molecule has 0 saturated heterocycles. The molecule has 5 aromatic rings. The zero-order valence-corrected chi connectivity index (χ0v) is 25.9. The van der Waals surface area contributed by atoms with Crippen molar-refractivity contribution < 1.29 is 14.4 Å². The summed E-state index contributed by atoms with van der Waals surface area (Å²) >= 11 is 8.96. The van der Waals surface area contributed by atoms with Gasteiger partial charge in [0.05, 0.1) is 10.9 Å². The molecule has 10 heteroatoms. The van der Waals surface area contributed by atoms with E-state index in [1.165, 1.54) is 23.1 Å². The average molecular weight is 639 g/mol. The number of thioether (sulfide) groups is 1.